The highest BCUT2D eigenvalue weighted by Crippen LogP contribution is 2.46. The highest BCUT2D eigenvalue weighted by molar-refractivity contribution is 6.13. The second-order valence-corrected chi connectivity index (χ2v) is 17.2. The summed E-state index contributed by atoms with van der Waals surface area (Å²) in [7, 11) is 0. The van der Waals surface area contributed by atoms with E-state index in [1.807, 2.05) is 24.5 Å². The van der Waals surface area contributed by atoms with Crippen LogP contribution in [-0.2, 0) is 12.8 Å². The number of para-hydroxylation sites is 3. The van der Waals surface area contributed by atoms with Crippen LogP contribution in [0.15, 0.2) is 202 Å². The molecule has 0 atom stereocenters. The molecule has 0 N–H and O–H groups in total. The van der Waals surface area contributed by atoms with Gasteiger partial charge in [0, 0.05) is 79.4 Å². The summed E-state index contributed by atoms with van der Waals surface area (Å²) in [5.74, 6) is 0. The van der Waals surface area contributed by atoms with Crippen molar-refractivity contribution >= 4 is 83.6 Å². The van der Waals surface area contributed by atoms with E-state index in [-0.39, 0.29) is 0 Å². The molecule has 12 rings (SSSR count). The van der Waals surface area contributed by atoms with Gasteiger partial charge in [-0.25, -0.2) is 0 Å². The molecule has 0 fully saturated rings. The number of fused-ring (bicyclic) bond motifs is 11. The van der Waals surface area contributed by atoms with Crippen molar-refractivity contribution in [2.45, 2.75) is 26.7 Å². The van der Waals surface area contributed by atoms with Gasteiger partial charge in [-0.1, -0.05) is 92.6 Å². The topological polar surface area (TPSA) is 30.9 Å². The SMILES string of the molecule is C=C/C(=C\C)N1/C=C\C(n2c3ccccc3c3ccccc32)=C/C(=C)c2cc3c(cc21)-c1cc2c(cc1CC3)c1cc(-n3c(/C=C\C)c(C=C)c4ccccc43)ccc1n2-c1ccncc1. The first-order valence-electron chi connectivity index (χ1n) is 22.7. The molecule has 5 heterocycles. The average Bonchev–Trinajstić information content (AvgIpc) is 3.98. The van der Waals surface area contributed by atoms with Crippen LogP contribution in [0.4, 0.5) is 5.69 Å². The van der Waals surface area contributed by atoms with Crippen LogP contribution in [0.3, 0.4) is 0 Å². The molecule has 66 heavy (non-hydrogen) atoms. The Morgan fingerprint density at radius 1 is 0.591 bits per heavy atom. The van der Waals surface area contributed by atoms with E-state index >= 15 is 0 Å². The molecule has 1 aliphatic carbocycles. The summed E-state index contributed by atoms with van der Waals surface area (Å²) in [5.41, 5.74) is 20.6. The highest BCUT2D eigenvalue weighted by Gasteiger charge is 2.26. The van der Waals surface area contributed by atoms with E-state index in [0.29, 0.717) is 0 Å². The van der Waals surface area contributed by atoms with Gasteiger partial charge in [0.2, 0.25) is 0 Å². The maximum atomic E-state index is 4.78. The monoisotopic (exact) mass is 849 g/mol. The minimum Gasteiger partial charge on any atom is -0.317 e. The van der Waals surface area contributed by atoms with E-state index in [2.05, 4.69) is 215 Å². The first kappa shape index (κ1) is 39.2. The maximum Gasteiger partial charge on any atom is 0.0547 e. The van der Waals surface area contributed by atoms with Crippen LogP contribution < -0.4 is 4.90 Å². The lowest BCUT2D eigenvalue weighted by molar-refractivity contribution is 0.942. The Morgan fingerprint density at radius 2 is 1.23 bits per heavy atom. The van der Waals surface area contributed by atoms with Crippen molar-refractivity contribution in [3.8, 4) is 22.5 Å². The number of pyridine rings is 1. The minimum atomic E-state index is 0.923. The average molecular weight is 850 g/mol. The summed E-state index contributed by atoms with van der Waals surface area (Å²) in [6.07, 6.45) is 22.6. The Bertz CT molecular complexity index is 3780. The number of aryl methyl sites for hydroxylation is 2. The van der Waals surface area contributed by atoms with E-state index in [9.17, 15) is 0 Å². The van der Waals surface area contributed by atoms with Crippen molar-refractivity contribution in [2.24, 2.45) is 0 Å². The number of hydrogen-bond acceptors (Lipinski definition) is 2. The molecule has 316 valence electrons. The van der Waals surface area contributed by atoms with Crippen LogP contribution in [0, 0.1) is 0 Å². The van der Waals surface area contributed by atoms with Gasteiger partial charge < -0.3 is 18.6 Å². The Labute approximate surface area is 384 Å². The largest absolute Gasteiger partial charge is 0.317 e. The number of hydrogen-bond donors (Lipinski definition) is 0. The van der Waals surface area contributed by atoms with Crippen LogP contribution in [0.1, 0.15) is 41.8 Å². The zero-order valence-corrected chi connectivity index (χ0v) is 37.2. The normalized spacial score (nSPS) is 15.2. The maximum absolute atomic E-state index is 4.78. The van der Waals surface area contributed by atoms with E-state index < -0.39 is 0 Å². The second kappa shape index (κ2) is 15.4. The fourth-order valence-corrected chi connectivity index (χ4v) is 10.8. The standard InChI is InChI=1S/C61H47N5/c1-6-16-55-46(9-4)47-17-10-13-20-56(47)65(55)44-25-26-59-54(36-44)53-35-41-24-23-40-34-50-39(5)33-45(66-57-21-14-11-18-48(57)49-19-12-15-22-58(49)66)29-32-63(42(7-2)8-3)60(50)37-51(40)52(41)38-61(53)64(59)43-27-30-62-31-28-43/h6-22,25-38H,2,4-5,23-24H2,1,3H3/b16-6-,32-29-,42-8+,45-33+. The molecule has 0 radical (unpaired) electrons. The number of nitrogens with zero attached hydrogens (tertiary/aromatic N) is 5. The smallest absolute Gasteiger partial charge is 0.0547 e. The third-order valence-electron chi connectivity index (χ3n) is 13.8. The lowest BCUT2D eigenvalue weighted by Crippen LogP contribution is -2.18. The number of rotatable bonds is 7. The Kier molecular flexibility index (Phi) is 9.14. The number of anilines is 1. The molecular weight excluding hydrogens is 803 g/mol. The number of aromatic nitrogens is 4. The fourth-order valence-electron chi connectivity index (χ4n) is 10.8. The summed E-state index contributed by atoms with van der Waals surface area (Å²) in [5, 5.41) is 6.08. The molecule has 1 aliphatic heterocycles. The molecule has 0 bridgehead atoms. The second-order valence-electron chi connectivity index (χ2n) is 17.2. The molecule has 5 nitrogen and oxygen atoms in total. The van der Waals surface area contributed by atoms with Crippen molar-refractivity contribution < 1.29 is 0 Å². The van der Waals surface area contributed by atoms with Gasteiger partial charge in [-0.15, -0.1) is 0 Å². The zero-order valence-electron chi connectivity index (χ0n) is 37.2. The number of allylic oxidation sites excluding steroid dienone is 7. The van der Waals surface area contributed by atoms with Gasteiger partial charge >= 0.3 is 0 Å². The van der Waals surface area contributed by atoms with E-state index in [4.69, 9.17) is 6.58 Å². The van der Waals surface area contributed by atoms with Crippen molar-refractivity contribution in [3.63, 3.8) is 0 Å². The van der Waals surface area contributed by atoms with Gasteiger partial charge in [-0.3, -0.25) is 4.98 Å². The molecule has 0 saturated carbocycles. The summed E-state index contributed by atoms with van der Waals surface area (Å²) in [6.45, 7) is 17.4. The molecular formula is C61H47N5. The van der Waals surface area contributed by atoms with Gasteiger partial charge in [-0.05, 0) is 152 Å². The van der Waals surface area contributed by atoms with E-state index in [1.165, 1.54) is 49.2 Å². The fraction of sp³-hybridized carbons (Fsp3) is 0.0656. The lowest BCUT2D eigenvalue weighted by Gasteiger charge is -2.30. The Balaban J connectivity index is 1.06. The minimum absolute atomic E-state index is 0.923. The van der Waals surface area contributed by atoms with E-state index in [0.717, 1.165) is 91.3 Å². The van der Waals surface area contributed by atoms with Gasteiger partial charge in [0.1, 0.15) is 0 Å². The van der Waals surface area contributed by atoms with Crippen molar-refractivity contribution in [1.82, 2.24) is 18.7 Å². The van der Waals surface area contributed by atoms with Crippen LogP contribution in [0.5, 0.6) is 0 Å². The quantitative estimate of drug-likeness (QED) is 0.150. The molecule has 0 unspecified atom stereocenters. The first-order chi connectivity index (χ1) is 32.5. The summed E-state index contributed by atoms with van der Waals surface area (Å²) < 4.78 is 7.15. The van der Waals surface area contributed by atoms with Crippen LogP contribution in [-0.4, -0.2) is 18.7 Å². The summed E-state index contributed by atoms with van der Waals surface area (Å²) in [6, 6.07) is 46.8. The molecule has 0 saturated heterocycles. The molecule has 6 aromatic carbocycles. The van der Waals surface area contributed by atoms with Crippen molar-refractivity contribution in [1.29, 1.82) is 0 Å². The molecule has 0 spiro atoms. The van der Waals surface area contributed by atoms with Gasteiger partial charge in [-0.2, -0.15) is 0 Å². The van der Waals surface area contributed by atoms with Crippen molar-refractivity contribution in [2.75, 3.05) is 4.90 Å². The predicted molar refractivity (Wildman–Crippen MR) is 281 cm³/mol. The Hall–Kier alpha value is -8.41. The molecule has 0 amide bonds. The first-order valence-corrected chi connectivity index (χ1v) is 22.7. The van der Waals surface area contributed by atoms with Gasteiger partial charge in [0.05, 0.1) is 39.0 Å². The van der Waals surface area contributed by atoms with Crippen LogP contribution in [0.2, 0.25) is 0 Å². The van der Waals surface area contributed by atoms with Crippen LogP contribution in [0.25, 0.3) is 100 Å². The third-order valence-corrected chi connectivity index (χ3v) is 13.8. The Morgan fingerprint density at radius 3 is 1.91 bits per heavy atom. The predicted octanol–water partition coefficient (Wildman–Crippen LogP) is 15.6. The molecule has 4 aromatic heterocycles. The van der Waals surface area contributed by atoms with Gasteiger partial charge in [0.25, 0.3) is 0 Å². The number of benzene rings is 6. The van der Waals surface area contributed by atoms with E-state index in [1.54, 1.807) is 0 Å². The molecule has 2 aliphatic rings. The molecule has 10 aromatic rings. The van der Waals surface area contributed by atoms with Crippen molar-refractivity contribution in [3.05, 3.63) is 230 Å². The van der Waals surface area contributed by atoms with Crippen LogP contribution >= 0.6 is 0 Å². The third kappa shape index (κ3) is 5.83. The highest BCUT2D eigenvalue weighted by atomic mass is 15.1. The summed E-state index contributed by atoms with van der Waals surface area (Å²) >= 11 is 0. The molecule has 5 heteroatoms. The summed E-state index contributed by atoms with van der Waals surface area (Å²) in [4.78, 5) is 6.69. The lowest BCUT2D eigenvalue weighted by atomic mass is 9.82. The zero-order chi connectivity index (χ0) is 44.6. The van der Waals surface area contributed by atoms with Gasteiger partial charge in [0.15, 0.2) is 0 Å².